The van der Waals surface area contributed by atoms with Gasteiger partial charge in [0.15, 0.2) is 5.65 Å². The van der Waals surface area contributed by atoms with E-state index in [4.69, 9.17) is 33.2 Å². The van der Waals surface area contributed by atoms with Crippen LogP contribution in [0.4, 0.5) is 11.5 Å². The number of benzene rings is 1. The van der Waals surface area contributed by atoms with Crippen molar-refractivity contribution in [3.8, 4) is 22.7 Å². The number of carbonyl (C=O) groups excluding carboxylic acids is 1. The molecule has 0 bridgehead atoms. The Balaban J connectivity index is 1.75. The number of carbonyl (C=O) groups is 1. The van der Waals surface area contributed by atoms with Gasteiger partial charge < -0.3 is 19.8 Å². The monoisotopic (exact) mass is 633 g/mol. The first-order valence-corrected chi connectivity index (χ1v) is 15.2. The molecule has 228 valence electrons. The van der Waals surface area contributed by atoms with Crippen molar-refractivity contribution >= 4 is 51.6 Å². The van der Waals surface area contributed by atoms with E-state index in [-0.39, 0.29) is 51.0 Å². The highest BCUT2D eigenvalue weighted by Gasteiger charge is 2.40. The van der Waals surface area contributed by atoms with E-state index in [0.29, 0.717) is 47.9 Å². The number of pyridine rings is 2. The molecule has 1 saturated heterocycles. The predicted molar refractivity (Wildman–Crippen MR) is 175 cm³/mol. The molecular weight excluding hydrogens is 601 g/mol. The molecule has 2 aliphatic heterocycles. The fraction of sp³-hybridized carbons (Fsp3) is 0.344. The van der Waals surface area contributed by atoms with Crippen molar-refractivity contribution in [1.82, 2.24) is 24.4 Å². The van der Waals surface area contributed by atoms with Gasteiger partial charge in [0.25, 0.3) is 0 Å². The molecule has 4 aromatic rings. The van der Waals surface area contributed by atoms with Crippen LogP contribution in [0.2, 0.25) is 10.0 Å². The van der Waals surface area contributed by atoms with Crippen LogP contribution in [0.25, 0.3) is 28.0 Å². The fourth-order valence-electron chi connectivity index (χ4n) is 6.44. The summed E-state index contributed by atoms with van der Waals surface area (Å²) in [5, 5.41) is 12.1. The topological polar surface area (TPSA) is 108 Å². The lowest BCUT2D eigenvalue weighted by molar-refractivity contribution is -0.128. The first-order valence-electron chi connectivity index (χ1n) is 14.4. The second-order valence-electron chi connectivity index (χ2n) is 11.8. The zero-order valence-electron chi connectivity index (χ0n) is 25.2. The number of phenolic OH excluding ortho intramolecular Hbond substituents is 1. The third kappa shape index (κ3) is 4.59. The summed E-state index contributed by atoms with van der Waals surface area (Å²) < 4.78 is 1.50. The van der Waals surface area contributed by atoms with Gasteiger partial charge in [-0.2, -0.15) is 4.98 Å². The van der Waals surface area contributed by atoms with Crippen molar-refractivity contribution in [2.45, 2.75) is 45.7 Å². The Labute approximate surface area is 265 Å². The number of amides is 1. The van der Waals surface area contributed by atoms with Crippen molar-refractivity contribution in [3.63, 3.8) is 0 Å². The summed E-state index contributed by atoms with van der Waals surface area (Å²) in [6.07, 6.45) is 3.05. The number of aryl methyl sites for hydroxylation is 1. The second-order valence-corrected chi connectivity index (χ2v) is 12.5. The number of hydrogen-bond donors (Lipinski definition) is 1. The molecule has 1 N–H and O–H groups in total. The summed E-state index contributed by atoms with van der Waals surface area (Å²) in [4.78, 5) is 47.3. The Kier molecular flexibility index (Phi) is 7.53. The van der Waals surface area contributed by atoms with Gasteiger partial charge in [0.05, 0.1) is 49.8 Å². The van der Waals surface area contributed by atoms with E-state index >= 15 is 0 Å². The van der Waals surface area contributed by atoms with E-state index in [1.165, 1.54) is 16.7 Å². The number of fused-ring (bicyclic) bond motifs is 2. The molecule has 3 aromatic heterocycles. The number of rotatable bonds is 4. The molecule has 0 saturated carbocycles. The van der Waals surface area contributed by atoms with E-state index in [1.54, 1.807) is 23.2 Å². The summed E-state index contributed by atoms with van der Waals surface area (Å²) in [5.41, 5.74) is 3.02. The van der Waals surface area contributed by atoms with Gasteiger partial charge in [0.1, 0.15) is 11.6 Å². The minimum Gasteiger partial charge on any atom is -0.507 e. The number of likely N-dealkylation sites (N-methyl/N-ethyl adjacent to an activating group) is 1. The molecule has 1 aromatic carbocycles. The third-order valence-electron chi connectivity index (χ3n) is 8.51. The van der Waals surface area contributed by atoms with E-state index in [2.05, 4.69) is 16.5 Å². The van der Waals surface area contributed by atoms with Crippen LogP contribution < -0.4 is 15.5 Å². The van der Waals surface area contributed by atoms with Crippen LogP contribution in [0.15, 0.2) is 47.9 Å². The first-order chi connectivity index (χ1) is 20.9. The Bertz CT molecular complexity index is 1890. The van der Waals surface area contributed by atoms with Crippen LogP contribution in [0.3, 0.4) is 0 Å². The maximum Gasteiger partial charge on any atom is 0.355 e. The zero-order valence-corrected chi connectivity index (χ0v) is 26.7. The molecule has 2 aliphatic rings. The average molecular weight is 635 g/mol. The van der Waals surface area contributed by atoms with Crippen molar-refractivity contribution in [3.05, 3.63) is 74.9 Å². The van der Waals surface area contributed by atoms with E-state index in [0.717, 1.165) is 11.3 Å². The lowest BCUT2D eigenvalue weighted by Crippen LogP contribution is -2.61. The largest absolute Gasteiger partial charge is 0.507 e. The number of halogens is 2. The zero-order chi connectivity index (χ0) is 31.6. The standard InChI is InChI=1S/C32H33Cl2N7O3/c1-7-22(43)39-15-19-14-38(6)29-24-30(40(19)13-18(39)5)37-32(44)41(28-17(4)11-12-35-26(28)16(2)3)31(24)36-27(25(29)34)23-20(33)9-8-10-21(23)42/h7-12,16,18-19,42H,1,13-15H2,2-6H3. The molecule has 6 rings (SSSR count). The molecule has 0 spiro atoms. The average Bonchev–Trinajstić information content (AvgIpc) is 3.08. The summed E-state index contributed by atoms with van der Waals surface area (Å²) in [5.74, 6) is 0.187. The normalized spacial score (nSPS) is 18.0. The smallest absolute Gasteiger partial charge is 0.355 e. The molecular formula is C32H33Cl2N7O3. The minimum absolute atomic E-state index is 0.00978. The Morgan fingerprint density at radius 2 is 1.89 bits per heavy atom. The Morgan fingerprint density at radius 3 is 2.57 bits per heavy atom. The fourth-order valence-corrected chi connectivity index (χ4v) is 7.08. The van der Waals surface area contributed by atoms with Crippen molar-refractivity contribution in [2.24, 2.45) is 0 Å². The van der Waals surface area contributed by atoms with Gasteiger partial charge in [0.2, 0.25) is 5.91 Å². The minimum atomic E-state index is -0.527. The van der Waals surface area contributed by atoms with Gasteiger partial charge >= 0.3 is 5.69 Å². The third-order valence-corrected chi connectivity index (χ3v) is 9.19. The van der Waals surface area contributed by atoms with Crippen LogP contribution in [-0.4, -0.2) is 74.2 Å². The Hall–Kier alpha value is -4.15. The molecule has 1 fully saturated rings. The van der Waals surface area contributed by atoms with Crippen LogP contribution in [-0.2, 0) is 4.79 Å². The summed E-state index contributed by atoms with van der Waals surface area (Å²) >= 11 is 13.9. The van der Waals surface area contributed by atoms with Crippen LogP contribution in [0.5, 0.6) is 5.75 Å². The molecule has 12 heteroatoms. The van der Waals surface area contributed by atoms with E-state index in [9.17, 15) is 14.7 Å². The molecule has 44 heavy (non-hydrogen) atoms. The molecule has 0 radical (unpaired) electrons. The number of nitrogens with zero attached hydrogens (tertiary/aromatic N) is 7. The maximum absolute atomic E-state index is 14.3. The SMILES string of the molecule is C=CC(=O)N1CC2CN(C)c3c(Cl)c(-c4c(O)cccc4Cl)nc4c3c(nc(=O)n4-c3c(C)ccnc3C(C)C)N2CC1C. The summed E-state index contributed by atoms with van der Waals surface area (Å²) in [7, 11) is 1.91. The number of aromatic nitrogens is 4. The van der Waals surface area contributed by atoms with Gasteiger partial charge in [0, 0.05) is 38.9 Å². The van der Waals surface area contributed by atoms with E-state index in [1.807, 2.05) is 45.7 Å². The van der Waals surface area contributed by atoms with Crippen molar-refractivity contribution < 1.29 is 9.90 Å². The van der Waals surface area contributed by atoms with Gasteiger partial charge in [-0.05, 0) is 49.6 Å². The number of anilines is 2. The number of hydrogen-bond acceptors (Lipinski definition) is 8. The highest BCUT2D eigenvalue weighted by Crippen LogP contribution is 2.48. The van der Waals surface area contributed by atoms with Gasteiger partial charge in [-0.15, -0.1) is 0 Å². The maximum atomic E-state index is 14.3. The molecule has 5 heterocycles. The predicted octanol–water partition coefficient (Wildman–Crippen LogP) is 5.33. The molecule has 2 unspecified atom stereocenters. The van der Waals surface area contributed by atoms with Gasteiger partial charge in [-0.3, -0.25) is 9.78 Å². The quantitative estimate of drug-likeness (QED) is 0.301. The van der Waals surface area contributed by atoms with Crippen LogP contribution in [0, 0.1) is 6.92 Å². The second kappa shape index (κ2) is 11.1. The molecule has 1 amide bonds. The lowest BCUT2D eigenvalue weighted by Gasteiger charge is -2.45. The van der Waals surface area contributed by atoms with Gasteiger partial charge in [-0.1, -0.05) is 49.7 Å². The van der Waals surface area contributed by atoms with Crippen molar-refractivity contribution in [1.29, 1.82) is 0 Å². The summed E-state index contributed by atoms with van der Waals surface area (Å²) in [6.45, 7) is 12.9. The number of aromatic hydroxyl groups is 1. The lowest BCUT2D eigenvalue weighted by atomic mass is 10.0. The molecule has 0 aliphatic carbocycles. The van der Waals surface area contributed by atoms with Crippen molar-refractivity contribution in [2.75, 3.05) is 36.5 Å². The van der Waals surface area contributed by atoms with E-state index < -0.39 is 5.69 Å². The summed E-state index contributed by atoms with van der Waals surface area (Å²) in [6, 6.07) is 6.28. The highest BCUT2D eigenvalue weighted by molar-refractivity contribution is 6.39. The molecule has 10 nitrogen and oxygen atoms in total. The van der Waals surface area contributed by atoms with Crippen LogP contribution in [0.1, 0.15) is 37.9 Å². The highest BCUT2D eigenvalue weighted by atomic mass is 35.5. The van der Waals surface area contributed by atoms with Gasteiger partial charge in [-0.25, -0.2) is 14.3 Å². The van der Waals surface area contributed by atoms with Crippen LogP contribution >= 0.6 is 23.2 Å². The Morgan fingerprint density at radius 1 is 1.14 bits per heavy atom. The first kappa shape index (κ1) is 29.9. The molecule has 2 atom stereocenters. The number of piperazine rings is 1. The number of phenols is 1.